The van der Waals surface area contributed by atoms with Crippen LogP contribution in [0.5, 0.6) is 0 Å². The Morgan fingerprint density at radius 1 is 1.12 bits per heavy atom. The van der Waals surface area contributed by atoms with Crippen LogP contribution in [-0.4, -0.2) is 60.8 Å². The number of hydrogen-bond donors (Lipinski definition) is 0. The van der Waals surface area contributed by atoms with Gasteiger partial charge in [-0.2, -0.15) is 0 Å². The van der Waals surface area contributed by atoms with Crippen molar-refractivity contribution in [1.29, 1.82) is 0 Å². The molecular weight excluding hydrogens is 300 g/mol. The molecule has 0 N–H and O–H groups in total. The molecule has 1 aromatic heterocycles. The molecule has 5 nitrogen and oxygen atoms in total. The molecule has 0 amide bonds. The number of rotatable bonds is 7. The van der Waals surface area contributed by atoms with Crippen LogP contribution in [-0.2, 0) is 4.74 Å². The molecule has 0 bridgehead atoms. The van der Waals surface area contributed by atoms with Crippen LogP contribution >= 0.6 is 0 Å². The van der Waals surface area contributed by atoms with E-state index in [4.69, 9.17) is 4.74 Å². The van der Waals surface area contributed by atoms with E-state index in [1.807, 2.05) is 6.20 Å². The fourth-order valence-electron chi connectivity index (χ4n) is 4.00. The highest BCUT2D eigenvalue weighted by Gasteiger charge is 2.23. The van der Waals surface area contributed by atoms with Crippen LogP contribution < -0.4 is 4.90 Å². The number of piperidine rings is 1. The summed E-state index contributed by atoms with van der Waals surface area (Å²) in [6.07, 6.45) is 14.5. The highest BCUT2D eigenvalue weighted by molar-refractivity contribution is 5.35. The smallest absolute Gasteiger partial charge is 0.147 e. The van der Waals surface area contributed by atoms with Gasteiger partial charge >= 0.3 is 0 Å². The van der Waals surface area contributed by atoms with Gasteiger partial charge in [-0.1, -0.05) is 12.8 Å². The summed E-state index contributed by atoms with van der Waals surface area (Å²) in [5.41, 5.74) is 0. The normalized spacial score (nSPS) is 20.7. The molecule has 0 unspecified atom stereocenters. The molecule has 0 radical (unpaired) electrons. The van der Waals surface area contributed by atoms with E-state index in [0.717, 1.165) is 44.1 Å². The van der Waals surface area contributed by atoms with Crippen molar-refractivity contribution >= 4 is 5.82 Å². The summed E-state index contributed by atoms with van der Waals surface area (Å²) in [4.78, 5) is 13.5. The standard InChI is InChI=1S/C19H32N4O/c1-22(11-3-2-4-17-7-14-24-15-8-17)18-5-12-23(13-6-18)19-16-20-9-10-21-19/h9-10,16-18H,2-8,11-15H2,1H3. The predicted molar refractivity (Wildman–Crippen MR) is 97.3 cm³/mol. The average molecular weight is 332 g/mol. The lowest BCUT2D eigenvalue weighted by Gasteiger charge is -2.37. The molecule has 5 heteroatoms. The third kappa shape index (κ3) is 5.15. The predicted octanol–water partition coefficient (Wildman–Crippen LogP) is 2.97. The first-order valence-corrected chi connectivity index (χ1v) is 9.62. The second-order valence-electron chi connectivity index (χ2n) is 7.31. The molecule has 24 heavy (non-hydrogen) atoms. The largest absolute Gasteiger partial charge is 0.381 e. The zero-order chi connectivity index (χ0) is 16.6. The van der Waals surface area contributed by atoms with Gasteiger partial charge in [0, 0.05) is 44.7 Å². The van der Waals surface area contributed by atoms with Crippen LogP contribution in [0.1, 0.15) is 44.9 Å². The van der Waals surface area contributed by atoms with Gasteiger partial charge < -0.3 is 14.5 Å². The Bertz CT molecular complexity index is 456. The topological polar surface area (TPSA) is 41.5 Å². The van der Waals surface area contributed by atoms with Crippen LogP contribution in [0.25, 0.3) is 0 Å². The molecule has 3 heterocycles. The highest BCUT2D eigenvalue weighted by atomic mass is 16.5. The van der Waals surface area contributed by atoms with Gasteiger partial charge in [-0.3, -0.25) is 4.98 Å². The van der Waals surface area contributed by atoms with E-state index >= 15 is 0 Å². The van der Waals surface area contributed by atoms with Gasteiger partial charge in [-0.15, -0.1) is 0 Å². The first-order valence-electron chi connectivity index (χ1n) is 9.62. The Balaban J connectivity index is 1.31. The molecule has 0 saturated carbocycles. The Kier molecular flexibility index (Phi) is 6.85. The SMILES string of the molecule is CN(CCCCC1CCOCC1)C1CCN(c2cnccn2)CC1. The van der Waals surface area contributed by atoms with Crippen LogP contribution in [0.2, 0.25) is 0 Å². The lowest BCUT2D eigenvalue weighted by atomic mass is 9.94. The second kappa shape index (κ2) is 9.33. The lowest BCUT2D eigenvalue weighted by Crippen LogP contribution is -2.44. The van der Waals surface area contributed by atoms with Crippen molar-refractivity contribution in [3.63, 3.8) is 0 Å². The number of hydrogen-bond acceptors (Lipinski definition) is 5. The minimum Gasteiger partial charge on any atom is -0.381 e. The molecule has 0 aromatic carbocycles. The third-order valence-corrected chi connectivity index (χ3v) is 5.68. The summed E-state index contributed by atoms with van der Waals surface area (Å²) in [6.45, 7) is 5.38. The number of unbranched alkanes of at least 4 members (excludes halogenated alkanes) is 1. The zero-order valence-corrected chi connectivity index (χ0v) is 15.1. The van der Waals surface area contributed by atoms with Gasteiger partial charge in [0.15, 0.2) is 0 Å². The Labute approximate surface area is 146 Å². The molecular formula is C19H32N4O. The van der Waals surface area contributed by atoms with Crippen LogP contribution in [0.15, 0.2) is 18.6 Å². The van der Waals surface area contributed by atoms with E-state index in [1.54, 1.807) is 12.4 Å². The van der Waals surface area contributed by atoms with E-state index in [-0.39, 0.29) is 0 Å². The maximum Gasteiger partial charge on any atom is 0.147 e. The van der Waals surface area contributed by atoms with Gasteiger partial charge in [-0.25, -0.2) is 4.98 Å². The first kappa shape index (κ1) is 17.6. The minimum absolute atomic E-state index is 0.723. The van der Waals surface area contributed by atoms with Crippen molar-refractivity contribution < 1.29 is 4.74 Å². The van der Waals surface area contributed by atoms with Crippen molar-refractivity contribution in [2.24, 2.45) is 5.92 Å². The first-order chi connectivity index (χ1) is 11.8. The molecule has 2 aliphatic rings. The maximum absolute atomic E-state index is 5.44. The van der Waals surface area contributed by atoms with E-state index in [2.05, 4.69) is 26.8 Å². The summed E-state index contributed by atoms with van der Waals surface area (Å²) in [7, 11) is 2.30. The van der Waals surface area contributed by atoms with Crippen LogP contribution in [0.4, 0.5) is 5.82 Å². The van der Waals surface area contributed by atoms with E-state index in [1.165, 1.54) is 51.5 Å². The minimum atomic E-state index is 0.723. The molecule has 2 aliphatic heterocycles. The molecule has 2 saturated heterocycles. The maximum atomic E-state index is 5.44. The van der Waals surface area contributed by atoms with Crippen LogP contribution in [0, 0.1) is 5.92 Å². The monoisotopic (exact) mass is 332 g/mol. The fraction of sp³-hybridized carbons (Fsp3) is 0.789. The summed E-state index contributed by atoms with van der Waals surface area (Å²) >= 11 is 0. The number of anilines is 1. The van der Waals surface area contributed by atoms with Gasteiger partial charge in [0.1, 0.15) is 5.82 Å². The van der Waals surface area contributed by atoms with Gasteiger partial charge in [0.05, 0.1) is 6.20 Å². The molecule has 0 aliphatic carbocycles. The lowest BCUT2D eigenvalue weighted by molar-refractivity contribution is 0.0628. The summed E-state index contributed by atoms with van der Waals surface area (Å²) in [5, 5.41) is 0. The molecule has 0 spiro atoms. The molecule has 0 atom stereocenters. The number of nitrogens with zero attached hydrogens (tertiary/aromatic N) is 4. The van der Waals surface area contributed by atoms with E-state index in [9.17, 15) is 0 Å². The van der Waals surface area contributed by atoms with Crippen molar-refractivity contribution in [3.05, 3.63) is 18.6 Å². The second-order valence-corrected chi connectivity index (χ2v) is 7.31. The Morgan fingerprint density at radius 3 is 2.62 bits per heavy atom. The van der Waals surface area contributed by atoms with Crippen molar-refractivity contribution in [2.45, 2.75) is 51.0 Å². The summed E-state index contributed by atoms with van der Waals surface area (Å²) < 4.78 is 5.44. The summed E-state index contributed by atoms with van der Waals surface area (Å²) in [5.74, 6) is 1.94. The van der Waals surface area contributed by atoms with Crippen molar-refractivity contribution in [1.82, 2.24) is 14.9 Å². The fourth-order valence-corrected chi connectivity index (χ4v) is 4.00. The summed E-state index contributed by atoms with van der Waals surface area (Å²) in [6, 6.07) is 0.723. The van der Waals surface area contributed by atoms with Crippen LogP contribution in [0.3, 0.4) is 0 Å². The van der Waals surface area contributed by atoms with Crippen molar-refractivity contribution in [3.8, 4) is 0 Å². The van der Waals surface area contributed by atoms with Crippen molar-refractivity contribution in [2.75, 3.05) is 44.8 Å². The zero-order valence-electron chi connectivity index (χ0n) is 15.1. The van der Waals surface area contributed by atoms with Gasteiger partial charge in [0.25, 0.3) is 0 Å². The van der Waals surface area contributed by atoms with Gasteiger partial charge in [-0.05, 0) is 51.6 Å². The Hall–Kier alpha value is -1.20. The molecule has 2 fully saturated rings. The third-order valence-electron chi connectivity index (χ3n) is 5.68. The van der Waals surface area contributed by atoms with Gasteiger partial charge in [0.2, 0.25) is 0 Å². The number of ether oxygens (including phenoxy) is 1. The van der Waals surface area contributed by atoms with E-state index in [0.29, 0.717) is 0 Å². The molecule has 3 rings (SSSR count). The highest BCUT2D eigenvalue weighted by Crippen LogP contribution is 2.22. The average Bonchev–Trinajstić information content (AvgIpc) is 2.67. The number of aromatic nitrogens is 2. The Morgan fingerprint density at radius 2 is 1.92 bits per heavy atom. The quantitative estimate of drug-likeness (QED) is 0.718. The molecule has 134 valence electrons. The molecule has 1 aromatic rings. The van der Waals surface area contributed by atoms with E-state index < -0.39 is 0 Å².